The highest BCUT2D eigenvalue weighted by molar-refractivity contribution is 9.10. The van der Waals surface area contributed by atoms with E-state index in [0.29, 0.717) is 5.69 Å². The van der Waals surface area contributed by atoms with Crippen LogP contribution >= 0.6 is 28.1 Å². The SMILES string of the molecule is CC1(c2ccccc2)CC(C)(C)n2c(O)c(N=NC(N)=S)c3cc(Br)cc1c32. The summed E-state index contributed by atoms with van der Waals surface area (Å²) in [5.41, 5.74) is 8.63. The summed E-state index contributed by atoms with van der Waals surface area (Å²) in [5.74, 6) is 0.0782. The third-order valence-corrected chi connectivity index (χ3v) is 6.16. The monoisotopic (exact) mass is 456 g/mol. The second-order valence-electron chi connectivity index (χ2n) is 8.08. The highest BCUT2D eigenvalue weighted by Crippen LogP contribution is 2.55. The molecule has 7 heteroatoms. The van der Waals surface area contributed by atoms with E-state index in [1.54, 1.807) is 0 Å². The van der Waals surface area contributed by atoms with Crippen molar-refractivity contribution in [1.82, 2.24) is 4.57 Å². The molecule has 1 unspecified atom stereocenters. The van der Waals surface area contributed by atoms with Gasteiger partial charge in [-0.15, -0.1) is 10.2 Å². The topological polar surface area (TPSA) is 75.9 Å². The first-order valence-corrected chi connectivity index (χ1v) is 10.2. The van der Waals surface area contributed by atoms with Crippen LogP contribution in [0.15, 0.2) is 57.2 Å². The molecule has 2 heterocycles. The van der Waals surface area contributed by atoms with Gasteiger partial charge in [-0.1, -0.05) is 53.2 Å². The van der Waals surface area contributed by atoms with Crippen LogP contribution in [0.2, 0.25) is 0 Å². The molecule has 0 aliphatic carbocycles. The molecule has 3 aromatic rings. The Hall–Kier alpha value is -2.25. The fourth-order valence-corrected chi connectivity index (χ4v) is 5.16. The molecule has 5 nitrogen and oxygen atoms in total. The maximum atomic E-state index is 11.1. The molecule has 0 radical (unpaired) electrons. The number of hydrogen-bond acceptors (Lipinski definition) is 3. The number of nitrogens with zero attached hydrogens (tertiary/aromatic N) is 3. The summed E-state index contributed by atoms with van der Waals surface area (Å²) in [6, 6.07) is 14.6. The zero-order chi connectivity index (χ0) is 20.3. The number of nitrogens with two attached hydrogens (primary N) is 1. The van der Waals surface area contributed by atoms with E-state index >= 15 is 0 Å². The zero-order valence-electron chi connectivity index (χ0n) is 15.9. The van der Waals surface area contributed by atoms with Crippen LogP contribution in [0.25, 0.3) is 10.9 Å². The van der Waals surface area contributed by atoms with E-state index in [-0.39, 0.29) is 21.9 Å². The lowest BCUT2D eigenvalue weighted by atomic mass is 9.66. The Morgan fingerprint density at radius 3 is 2.54 bits per heavy atom. The minimum Gasteiger partial charge on any atom is -0.493 e. The van der Waals surface area contributed by atoms with E-state index in [2.05, 4.69) is 77.3 Å². The van der Waals surface area contributed by atoms with Gasteiger partial charge in [0.1, 0.15) is 0 Å². The highest BCUT2D eigenvalue weighted by Gasteiger charge is 2.45. The minimum absolute atomic E-state index is 0.0706. The van der Waals surface area contributed by atoms with Crippen LogP contribution in [0.3, 0.4) is 0 Å². The fraction of sp³-hybridized carbons (Fsp3) is 0.286. The molecule has 0 bridgehead atoms. The quantitative estimate of drug-likeness (QED) is 0.373. The molecular weight excluding hydrogens is 436 g/mol. The van der Waals surface area contributed by atoms with E-state index in [9.17, 15) is 5.11 Å². The molecule has 1 atom stereocenters. The Kier molecular flexibility index (Phi) is 4.35. The molecule has 2 aromatic carbocycles. The first kappa shape index (κ1) is 19.1. The van der Waals surface area contributed by atoms with Crippen LogP contribution in [-0.4, -0.2) is 14.8 Å². The normalized spacial score (nSPS) is 20.7. The number of aromatic nitrogens is 1. The van der Waals surface area contributed by atoms with Crippen LogP contribution < -0.4 is 5.73 Å². The summed E-state index contributed by atoms with van der Waals surface area (Å²) in [7, 11) is 0. The van der Waals surface area contributed by atoms with Crippen molar-refractivity contribution in [3.8, 4) is 5.88 Å². The van der Waals surface area contributed by atoms with Crippen LogP contribution in [-0.2, 0) is 11.0 Å². The summed E-state index contributed by atoms with van der Waals surface area (Å²) in [4.78, 5) is 0. The Bertz CT molecular complexity index is 1140. The van der Waals surface area contributed by atoms with Gasteiger partial charge in [0.15, 0.2) is 5.69 Å². The van der Waals surface area contributed by atoms with Crippen LogP contribution in [0.1, 0.15) is 38.3 Å². The van der Waals surface area contributed by atoms with Gasteiger partial charge < -0.3 is 15.4 Å². The summed E-state index contributed by atoms with van der Waals surface area (Å²) in [6.07, 6.45) is 0.816. The van der Waals surface area contributed by atoms with Gasteiger partial charge in [-0.25, -0.2) is 0 Å². The van der Waals surface area contributed by atoms with Crippen molar-refractivity contribution in [3.63, 3.8) is 0 Å². The Morgan fingerprint density at radius 1 is 1.21 bits per heavy atom. The summed E-state index contributed by atoms with van der Waals surface area (Å²) < 4.78 is 2.88. The lowest BCUT2D eigenvalue weighted by Crippen LogP contribution is -2.41. The molecule has 4 rings (SSSR count). The van der Waals surface area contributed by atoms with E-state index in [1.165, 1.54) is 5.56 Å². The summed E-state index contributed by atoms with van der Waals surface area (Å²) >= 11 is 8.46. The molecule has 0 spiro atoms. The lowest BCUT2D eigenvalue weighted by molar-refractivity contribution is 0.236. The molecule has 28 heavy (non-hydrogen) atoms. The molecule has 1 aromatic heterocycles. The molecular formula is C21H21BrN4OS. The Morgan fingerprint density at radius 2 is 1.89 bits per heavy atom. The zero-order valence-corrected chi connectivity index (χ0v) is 18.3. The maximum Gasteiger partial charge on any atom is 0.221 e. The maximum absolute atomic E-state index is 11.1. The number of benzene rings is 2. The predicted molar refractivity (Wildman–Crippen MR) is 119 cm³/mol. The van der Waals surface area contributed by atoms with Crippen molar-refractivity contribution in [1.29, 1.82) is 0 Å². The van der Waals surface area contributed by atoms with E-state index in [4.69, 9.17) is 18.0 Å². The number of azo groups is 1. The van der Waals surface area contributed by atoms with Crippen molar-refractivity contribution >= 4 is 49.9 Å². The average molecular weight is 457 g/mol. The van der Waals surface area contributed by atoms with Crippen molar-refractivity contribution in [3.05, 3.63) is 58.1 Å². The largest absolute Gasteiger partial charge is 0.493 e. The van der Waals surface area contributed by atoms with Gasteiger partial charge in [-0.3, -0.25) is 0 Å². The Balaban J connectivity index is 2.13. The van der Waals surface area contributed by atoms with Gasteiger partial charge in [0, 0.05) is 20.8 Å². The molecule has 0 saturated carbocycles. The predicted octanol–water partition coefficient (Wildman–Crippen LogP) is 5.88. The van der Waals surface area contributed by atoms with Gasteiger partial charge in [0.05, 0.1) is 5.52 Å². The third-order valence-electron chi connectivity index (χ3n) is 5.62. The fourth-order valence-electron chi connectivity index (χ4n) is 4.66. The standard InChI is InChI=1S/C21H21BrN4OS/c1-20(2)11-21(3,12-7-5-4-6-8-12)15-10-13(22)9-14-16(24-25-19(23)28)18(27)26(20)17(14)15/h4-10,27H,11H2,1-3H3,(H2,23,28). The van der Waals surface area contributed by atoms with Crippen molar-refractivity contribution in [2.75, 3.05) is 0 Å². The second-order valence-corrected chi connectivity index (χ2v) is 9.42. The lowest BCUT2D eigenvalue weighted by Gasteiger charge is -2.45. The van der Waals surface area contributed by atoms with Crippen LogP contribution in [0, 0.1) is 0 Å². The molecule has 1 aliphatic rings. The molecule has 144 valence electrons. The first-order chi connectivity index (χ1) is 13.1. The molecule has 3 N–H and O–H groups in total. The summed E-state index contributed by atoms with van der Waals surface area (Å²) in [5, 5.41) is 19.8. The van der Waals surface area contributed by atoms with Crippen LogP contribution in [0.4, 0.5) is 5.69 Å². The molecule has 1 aliphatic heterocycles. The van der Waals surface area contributed by atoms with E-state index in [1.807, 2.05) is 16.7 Å². The van der Waals surface area contributed by atoms with Crippen molar-refractivity contribution in [2.24, 2.45) is 16.0 Å². The average Bonchev–Trinajstić information content (AvgIpc) is 2.90. The van der Waals surface area contributed by atoms with Crippen molar-refractivity contribution < 1.29 is 5.11 Å². The van der Waals surface area contributed by atoms with Crippen molar-refractivity contribution in [2.45, 2.75) is 38.1 Å². The summed E-state index contributed by atoms with van der Waals surface area (Å²) in [6.45, 7) is 6.52. The smallest absolute Gasteiger partial charge is 0.221 e. The number of aromatic hydroxyl groups is 1. The number of rotatable bonds is 2. The first-order valence-electron chi connectivity index (χ1n) is 9.00. The molecule has 0 saturated heterocycles. The number of halogens is 1. The van der Waals surface area contributed by atoms with E-state index < -0.39 is 0 Å². The van der Waals surface area contributed by atoms with Gasteiger partial charge >= 0.3 is 0 Å². The van der Waals surface area contributed by atoms with Gasteiger partial charge in [-0.05, 0) is 55.7 Å². The number of hydrogen-bond donors (Lipinski definition) is 2. The van der Waals surface area contributed by atoms with Crippen LogP contribution in [0.5, 0.6) is 5.88 Å². The minimum atomic E-state index is -0.343. The van der Waals surface area contributed by atoms with Gasteiger partial charge in [0.2, 0.25) is 11.0 Å². The van der Waals surface area contributed by atoms with Gasteiger partial charge in [-0.2, -0.15) is 0 Å². The second kappa shape index (κ2) is 6.39. The molecule has 0 amide bonds. The highest BCUT2D eigenvalue weighted by atomic mass is 79.9. The van der Waals surface area contributed by atoms with E-state index in [0.717, 1.165) is 27.4 Å². The third kappa shape index (κ3) is 2.76. The molecule has 0 fully saturated rings. The van der Waals surface area contributed by atoms with Gasteiger partial charge in [0.25, 0.3) is 0 Å². The number of thiocarbonyl (C=S) groups is 1. The Labute approximate surface area is 177 Å².